The molecule has 118 valence electrons. The first kappa shape index (κ1) is 16.4. The molecule has 4 nitrogen and oxygen atoms in total. The molecule has 0 saturated heterocycles. The summed E-state index contributed by atoms with van der Waals surface area (Å²) in [5, 5.41) is -0.595. The number of nitrogens with two attached hydrogens (primary N) is 1. The van der Waals surface area contributed by atoms with E-state index >= 15 is 0 Å². The summed E-state index contributed by atoms with van der Waals surface area (Å²) in [7, 11) is 0. The summed E-state index contributed by atoms with van der Waals surface area (Å²) in [6.45, 7) is 3.75. The Bertz CT molecular complexity index is 614. The molecule has 8 heteroatoms. The summed E-state index contributed by atoms with van der Waals surface area (Å²) in [5.41, 5.74) is 2.83. The number of anilines is 1. The van der Waals surface area contributed by atoms with Gasteiger partial charge in [0.1, 0.15) is 12.4 Å². The van der Waals surface area contributed by atoms with Gasteiger partial charge in [0, 0.05) is 17.0 Å². The maximum absolute atomic E-state index is 12.3. The normalized spacial score (nSPS) is 18.0. The highest BCUT2D eigenvalue weighted by atomic mass is 32.2. The van der Waals surface area contributed by atoms with E-state index in [1.54, 1.807) is 12.2 Å². The second kappa shape index (κ2) is 6.87. The lowest BCUT2D eigenvalue weighted by atomic mass is 10.1. The maximum Gasteiger partial charge on any atom is 0.442 e. The number of thioether (sulfide) groups is 1. The molecular formula is C14H14F3N3OS. The van der Waals surface area contributed by atoms with E-state index in [0.29, 0.717) is 12.0 Å². The van der Waals surface area contributed by atoms with E-state index in [1.807, 2.05) is 0 Å². The van der Waals surface area contributed by atoms with Crippen molar-refractivity contribution >= 4 is 23.7 Å². The Morgan fingerprint density at radius 2 is 2.27 bits per heavy atom. The second-order valence-electron chi connectivity index (χ2n) is 4.46. The van der Waals surface area contributed by atoms with Gasteiger partial charge in [0.15, 0.2) is 0 Å². The van der Waals surface area contributed by atoms with Crippen molar-refractivity contribution in [2.45, 2.75) is 17.2 Å². The highest BCUT2D eigenvalue weighted by molar-refractivity contribution is 8.00. The summed E-state index contributed by atoms with van der Waals surface area (Å²) in [5.74, 6) is 0.259. The first-order valence-electron chi connectivity index (χ1n) is 6.37. The summed E-state index contributed by atoms with van der Waals surface area (Å²) in [4.78, 5) is 7.93. The zero-order valence-corrected chi connectivity index (χ0v) is 12.3. The van der Waals surface area contributed by atoms with E-state index in [1.165, 1.54) is 18.3 Å². The standard InChI is InChI=1S/C14H14F3N3OS/c1-2-10-7-19-13(20-12(10)18)21-8-9-3-5-11(6-4-9)22-14(15,16)17/h2-5,7,11H,1,6,8H2,(H2,18,19,20). The van der Waals surface area contributed by atoms with Gasteiger partial charge >= 0.3 is 11.5 Å². The van der Waals surface area contributed by atoms with Gasteiger partial charge in [-0.05, 0) is 23.8 Å². The Morgan fingerprint density at radius 3 is 2.82 bits per heavy atom. The SMILES string of the molecule is C=Cc1cnc(OCC2=CCC(SC(F)(F)F)C=C2)nc1N. The van der Waals surface area contributed by atoms with E-state index in [0.717, 1.165) is 5.57 Å². The number of rotatable bonds is 5. The van der Waals surface area contributed by atoms with Crippen LogP contribution in [-0.2, 0) is 0 Å². The predicted octanol–water partition coefficient (Wildman–Crippen LogP) is 3.59. The van der Waals surface area contributed by atoms with Crippen molar-refractivity contribution in [3.63, 3.8) is 0 Å². The molecule has 0 spiro atoms. The second-order valence-corrected chi connectivity index (χ2v) is 5.77. The molecule has 1 aliphatic rings. The number of nitrogen functional groups attached to an aromatic ring is 1. The lowest BCUT2D eigenvalue weighted by Gasteiger charge is -2.17. The fourth-order valence-electron chi connectivity index (χ4n) is 1.77. The van der Waals surface area contributed by atoms with Crippen molar-refractivity contribution < 1.29 is 17.9 Å². The fourth-order valence-corrected chi connectivity index (χ4v) is 2.47. The molecule has 1 heterocycles. The zero-order chi connectivity index (χ0) is 16.2. The van der Waals surface area contributed by atoms with Gasteiger partial charge in [0.05, 0.1) is 0 Å². The number of halogens is 3. The highest BCUT2D eigenvalue weighted by Crippen LogP contribution is 2.37. The molecule has 1 unspecified atom stereocenters. The number of aromatic nitrogens is 2. The van der Waals surface area contributed by atoms with E-state index < -0.39 is 10.8 Å². The summed E-state index contributed by atoms with van der Waals surface area (Å²) < 4.78 is 42.1. The van der Waals surface area contributed by atoms with Crippen LogP contribution in [0.2, 0.25) is 0 Å². The molecule has 2 N–H and O–H groups in total. The molecule has 0 amide bonds. The van der Waals surface area contributed by atoms with Crippen molar-refractivity contribution in [3.05, 3.63) is 42.1 Å². The van der Waals surface area contributed by atoms with Crippen LogP contribution < -0.4 is 10.5 Å². The highest BCUT2D eigenvalue weighted by Gasteiger charge is 2.32. The van der Waals surface area contributed by atoms with E-state index in [4.69, 9.17) is 10.5 Å². The molecule has 1 aliphatic carbocycles. The molecule has 0 bridgehead atoms. The van der Waals surface area contributed by atoms with Gasteiger partial charge in [-0.2, -0.15) is 18.2 Å². The third-order valence-electron chi connectivity index (χ3n) is 2.84. The third-order valence-corrected chi connectivity index (χ3v) is 3.76. The molecule has 22 heavy (non-hydrogen) atoms. The molecule has 1 aromatic rings. The minimum Gasteiger partial charge on any atom is -0.459 e. The van der Waals surface area contributed by atoms with Crippen molar-refractivity contribution in [2.75, 3.05) is 12.3 Å². The zero-order valence-electron chi connectivity index (χ0n) is 11.5. The number of hydrogen-bond acceptors (Lipinski definition) is 5. The lowest BCUT2D eigenvalue weighted by Crippen LogP contribution is -2.13. The van der Waals surface area contributed by atoms with Crippen LogP contribution in [0.3, 0.4) is 0 Å². The van der Waals surface area contributed by atoms with Crippen LogP contribution in [0.25, 0.3) is 6.08 Å². The predicted molar refractivity (Wildman–Crippen MR) is 81.3 cm³/mol. The Hall–Kier alpha value is -1.96. The lowest BCUT2D eigenvalue weighted by molar-refractivity contribution is -0.0331. The Kier molecular flexibility index (Phi) is 5.12. The van der Waals surface area contributed by atoms with E-state index in [9.17, 15) is 13.2 Å². The third kappa shape index (κ3) is 4.80. The van der Waals surface area contributed by atoms with Crippen LogP contribution in [0.4, 0.5) is 19.0 Å². The van der Waals surface area contributed by atoms with Gasteiger partial charge in [-0.15, -0.1) is 0 Å². The summed E-state index contributed by atoms with van der Waals surface area (Å²) >= 11 is -0.0226. The number of ether oxygens (including phenoxy) is 1. The topological polar surface area (TPSA) is 61.0 Å². The smallest absolute Gasteiger partial charge is 0.442 e. The van der Waals surface area contributed by atoms with Gasteiger partial charge in [-0.3, -0.25) is 0 Å². The molecule has 0 saturated carbocycles. The monoisotopic (exact) mass is 329 g/mol. The van der Waals surface area contributed by atoms with Gasteiger partial charge in [-0.25, -0.2) is 4.98 Å². The molecule has 0 aromatic carbocycles. The number of allylic oxidation sites excluding steroid dienone is 1. The first-order valence-corrected chi connectivity index (χ1v) is 7.25. The van der Waals surface area contributed by atoms with Gasteiger partial charge < -0.3 is 10.5 Å². The maximum atomic E-state index is 12.3. The Balaban J connectivity index is 1.87. The molecule has 1 aromatic heterocycles. The Labute approximate surface area is 130 Å². The van der Waals surface area contributed by atoms with Crippen LogP contribution in [-0.4, -0.2) is 27.3 Å². The minimum atomic E-state index is -4.23. The van der Waals surface area contributed by atoms with Gasteiger partial charge in [-0.1, -0.05) is 30.9 Å². The quantitative estimate of drug-likeness (QED) is 0.894. The first-order chi connectivity index (χ1) is 10.4. The fraction of sp³-hybridized carbons (Fsp3) is 0.286. The molecule has 0 fully saturated rings. The molecular weight excluding hydrogens is 315 g/mol. The van der Waals surface area contributed by atoms with Crippen molar-refractivity contribution in [1.29, 1.82) is 0 Å². The molecule has 2 rings (SSSR count). The minimum absolute atomic E-state index is 0.0226. The number of hydrogen-bond donors (Lipinski definition) is 1. The average molecular weight is 329 g/mol. The van der Waals surface area contributed by atoms with Crippen LogP contribution in [0, 0.1) is 0 Å². The van der Waals surface area contributed by atoms with Crippen molar-refractivity contribution in [2.24, 2.45) is 0 Å². The van der Waals surface area contributed by atoms with Crippen molar-refractivity contribution in [1.82, 2.24) is 9.97 Å². The van der Waals surface area contributed by atoms with Crippen molar-refractivity contribution in [3.8, 4) is 6.01 Å². The summed E-state index contributed by atoms with van der Waals surface area (Å²) in [6.07, 6.45) is 8.18. The van der Waals surface area contributed by atoms with Gasteiger partial charge in [0.25, 0.3) is 0 Å². The summed E-state index contributed by atoms with van der Waals surface area (Å²) in [6, 6.07) is 0.115. The molecule has 0 aliphatic heterocycles. The molecule has 1 atom stereocenters. The Morgan fingerprint density at radius 1 is 1.50 bits per heavy atom. The molecule has 0 radical (unpaired) electrons. The van der Waals surface area contributed by atoms with Crippen LogP contribution in [0.1, 0.15) is 12.0 Å². The van der Waals surface area contributed by atoms with Crippen LogP contribution in [0.15, 0.2) is 36.6 Å². The van der Waals surface area contributed by atoms with Crippen LogP contribution >= 0.6 is 11.8 Å². The average Bonchev–Trinajstić information content (AvgIpc) is 2.45. The largest absolute Gasteiger partial charge is 0.459 e. The van der Waals surface area contributed by atoms with Gasteiger partial charge in [0.2, 0.25) is 0 Å². The van der Waals surface area contributed by atoms with E-state index in [2.05, 4.69) is 16.5 Å². The van der Waals surface area contributed by atoms with Crippen LogP contribution in [0.5, 0.6) is 6.01 Å². The number of nitrogens with zero attached hydrogens (tertiary/aromatic N) is 2. The van der Waals surface area contributed by atoms with E-state index in [-0.39, 0.29) is 30.2 Å². The number of alkyl halides is 3.